The summed E-state index contributed by atoms with van der Waals surface area (Å²) in [6.45, 7) is 2.18. The first-order chi connectivity index (χ1) is 6.84. The number of nitrogens with one attached hydrogen (secondary N) is 2. The molecule has 0 aromatic carbocycles. The molecule has 0 bridgehead atoms. The number of aromatic nitrogens is 1. The van der Waals surface area contributed by atoms with Crippen molar-refractivity contribution in [3.05, 3.63) is 22.8 Å². The Labute approximate surface area is 105 Å². The number of hydrogen-bond acceptors (Lipinski definition) is 3. The monoisotopic (exact) mass is 291 g/mol. The lowest BCUT2D eigenvalue weighted by atomic mass is 10.1. The molecule has 1 fully saturated rings. The second-order valence-electron chi connectivity index (χ2n) is 3.55. The zero-order valence-electron chi connectivity index (χ0n) is 8.37. The minimum absolute atomic E-state index is 0. The molecule has 0 amide bonds. The van der Waals surface area contributed by atoms with Gasteiger partial charge in [-0.2, -0.15) is 0 Å². The molecule has 2 heterocycles. The molecule has 0 radical (unpaired) electrons. The van der Waals surface area contributed by atoms with E-state index in [0.29, 0.717) is 6.04 Å². The number of halogens is 2. The fourth-order valence-electron chi connectivity index (χ4n) is 1.65. The molecule has 15 heavy (non-hydrogen) atoms. The first-order valence-electron chi connectivity index (χ1n) is 4.93. The van der Waals surface area contributed by atoms with Crippen molar-refractivity contribution in [1.82, 2.24) is 10.3 Å². The molecule has 1 aliphatic rings. The summed E-state index contributed by atoms with van der Waals surface area (Å²) in [6.07, 6.45) is 4.29. The molecule has 1 atom stereocenters. The minimum Gasteiger partial charge on any atom is -0.366 e. The first-order valence-corrected chi connectivity index (χ1v) is 5.73. The summed E-state index contributed by atoms with van der Waals surface area (Å²) >= 11 is 3.37. The van der Waals surface area contributed by atoms with Crippen LogP contribution in [0.5, 0.6) is 0 Å². The van der Waals surface area contributed by atoms with Crippen LogP contribution in [-0.4, -0.2) is 24.1 Å². The van der Waals surface area contributed by atoms with E-state index >= 15 is 0 Å². The van der Waals surface area contributed by atoms with Crippen LogP contribution in [0.2, 0.25) is 0 Å². The van der Waals surface area contributed by atoms with Gasteiger partial charge in [0.25, 0.3) is 0 Å². The van der Waals surface area contributed by atoms with Crippen LogP contribution in [0.15, 0.2) is 22.8 Å². The Kier molecular flexibility index (Phi) is 5.36. The van der Waals surface area contributed by atoms with Gasteiger partial charge >= 0.3 is 0 Å². The molecule has 0 spiro atoms. The summed E-state index contributed by atoms with van der Waals surface area (Å²) in [5.74, 6) is 0.960. The molecule has 2 N–H and O–H groups in total. The van der Waals surface area contributed by atoms with E-state index in [-0.39, 0.29) is 12.4 Å². The molecule has 1 saturated heterocycles. The van der Waals surface area contributed by atoms with E-state index in [2.05, 4.69) is 31.5 Å². The number of pyridine rings is 1. The van der Waals surface area contributed by atoms with Crippen molar-refractivity contribution in [2.45, 2.75) is 18.9 Å². The van der Waals surface area contributed by atoms with Crippen LogP contribution in [0.25, 0.3) is 0 Å². The van der Waals surface area contributed by atoms with Gasteiger partial charge in [-0.25, -0.2) is 4.98 Å². The van der Waals surface area contributed by atoms with Gasteiger partial charge < -0.3 is 10.6 Å². The van der Waals surface area contributed by atoms with Gasteiger partial charge in [0.15, 0.2) is 0 Å². The zero-order chi connectivity index (χ0) is 9.80. The maximum atomic E-state index is 4.29. The van der Waals surface area contributed by atoms with Crippen LogP contribution in [0.3, 0.4) is 0 Å². The molecule has 1 aromatic rings. The van der Waals surface area contributed by atoms with Crippen LogP contribution in [-0.2, 0) is 0 Å². The molecule has 0 unspecified atom stereocenters. The third-order valence-corrected chi connectivity index (χ3v) is 2.85. The Bertz CT molecular complexity index is 285. The third-order valence-electron chi connectivity index (χ3n) is 2.38. The highest BCUT2D eigenvalue weighted by Crippen LogP contribution is 2.13. The quantitative estimate of drug-likeness (QED) is 0.879. The SMILES string of the molecule is Brc1ccc(N[C@H]2CCCNC2)nc1.Cl. The summed E-state index contributed by atoms with van der Waals surface area (Å²) < 4.78 is 1.02. The van der Waals surface area contributed by atoms with Crippen LogP contribution in [0.4, 0.5) is 5.82 Å². The van der Waals surface area contributed by atoms with Crippen molar-refractivity contribution in [3.8, 4) is 0 Å². The second-order valence-corrected chi connectivity index (χ2v) is 4.46. The lowest BCUT2D eigenvalue weighted by Gasteiger charge is -2.24. The molecule has 2 rings (SSSR count). The van der Waals surface area contributed by atoms with Gasteiger partial charge in [-0.3, -0.25) is 0 Å². The molecule has 84 valence electrons. The molecule has 1 aromatic heterocycles. The Morgan fingerprint density at radius 2 is 2.33 bits per heavy atom. The summed E-state index contributed by atoms with van der Waals surface area (Å²) in [5, 5.41) is 6.78. The van der Waals surface area contributed by atoms with Crippen molar-refractivity contribution in [2.75, 3.05) is 18.4 Å². The van der Waals surface area contributed by atoms with Crippen molar-refractivity contribution in [3.63, 3.8) is 0 Å². The number of hydrogen-bond donors (Lipinski definition) is 2. The average molecular weight is 293 g/mol. The molecule has 0 saturated carbocycles. The lowest BCUT2D eigenvalue weighted by Crippen LogP contribution is -2.38. The average Bonchev–Trinajstić information content (AvgIpc) is 2.23. The lowest BCUT2D eigenvalue weighted by molar-refractivity contribution is 0.479. The highest BCUT2D eigenvalue weighted by Gasteiger charge is 2.12. The van der Waals surface area contributed by atoms with E-state index in [1.807, 2.05) is 18.3 Å². The summed E-state index contributed by atoms with van der Waals surface area (Å²) in [6, 6.07) is 4.53. The van der Waals surface area contributed by atoms with E-state index < -0.39 is 0 Å². The van der Waals surface area contributed by atoms with Crippen molar-refractivity contribution < 1.29 is 0 Å². The van der Waals surface area contributed by atoms with Gasteiger partial charge in [0, 0.05) is 23.3 Å². The predicted molar refractivity (Wildman–Crippen MR) is 68.7 cm³/mol. The highest BCUT2D eigenvalue weighted by molar-refractivity contribution is 9.10. The molecular weight excluding hydrogens is 277 g/mol. The van der Waals surface area contributed by atoms with Crippen LogP contribution in [0, 0.1) is 0 Å². The molecular formula is C10H15BrClN3. The smallest absolute Gasteiger partial charge is 0.126 e. The van der Waals surface area contributed by atoms with Crippen LogP contribution in [0.1, 0.15) is 12.8 Å². The van der Waals surface area contributed by atoms with Gasteiger partial charge in [0.05, 0.1) is 0 Å². The number of nitrogens with zero attached hydrogens (tertiary/aromatic N) is 1. The minimum atomic E-state index is 0. The Morgan fingerprint density at radius 1 is 1.47 bits per heavy atom. The Morgan fingerprint density at radius 3 is 2.93 bits per heavy atom. The molecule has 3 nitrogen and oxygen atoms in total. The Balaban J connectivity index is 0.00000112. The van der Waals surface area contributed by atoms with E-state index in [9.17, 15) is 0 Å². The van der Waals surface area contributed by atoms with E-state index in [1.54, 1.807) is 0 Å². The standard InChI is InChI=1S/C10H14BrN3.ClH/c11-8-3-4-10(13-6-8)14-9-2-1-5-12-7-9;/h3-4,6,9,12H,1-2,5,7H2,(H,13,14);1H/t9-;/m0./s1. The van der Waals surface area contributed by atoms with E-state index in [1.165, 1.54) is 12.8 Å². The largest absolute Gasteiger partial charge is 0.366 e. The summed E-state index contributed by atoms with van der Waals surface area (Å²) in [7, 11) is 0. The van der Waals surface area contributed by atoms with Crippen molar-refractivity contribution in [2.24, 2.45) is 0 Å². The number of anilines is 1. The van der Waals surface area contributed by atoms with E-state index in [0.717, 1.165) is 23.4 Å². The van der Waals surface area contributed by atoms with Crippen molar-refractivity contribution in [1.29, 1.82) is 0 Å². The van der Waals surface area contributed by atoms with Gasteiger partial charge in [0.1, 0.15) is 5.82 Å². The molecule has 0 aliphatic carbocycles. The highest BCUT2D eigenvalue weighted by atomic mass is 79.9. The summed E-state index contributed by atoms with van der Waals surface area (Å²) in [4.78, 5) is 4.29. The first kappa shape index (κ1) is 12.7. The van der Waals surface area contributed by atoms with Crippen LogP contribution >= 0.6 is 28.3 Å². The zero-order valence-corrected chi connectivity index (χ0v) is 10.8. The maximum absolute atomic E-state index is 4.29. The van der Waals surface area contributed by atoms with E-state index in [4.69, 9.17) is 0 Å². The summed E-state index contributed by atoms with van der Waals surface area (Å²) in [5.41, 5.74) is 0. The third kappa shape index (κ3) is 3.97. The van der Waals surface area contributed by atoms with Gasteiger partial charge in [-0.15, -0.1) is 12.4 Å². The molecule has 5 heteroatoms. The van der Waals surface area contributed by atoms with Crippen molar-refractivity contribution >= 4 is 34.2 Å². The fraction of sp³-hybridized carbons (Fsp3) is 0.500. The van der Waals surface area contributed by atoms with Gasteiger partial charge in [-0.05, 0) is 47.4 Å². The normalized spacial score (nSPS) is 20.5. The fourth-order valence-corrected chi connectivity index (χ4v) is 1.88. The van der Waals surface area contributed by atoms with Gasteiger partial charge in [0.2, 0.25) is 0 Å². The number of rotatable bonds is 2. The topological polar surface area (TPSA) is 37.0 Å². The van der Waals surface area contributed by atoms with Crippen LogP contribution < -0.4 is 10.6 Å². The van der Waals surface area contributed by atoms with Gasteiger partial charge in [-0.1, -0.05) is 0 Å². The molecule has 1 aliphatic heterocycles. The Hall–Kier alpha value is -0.320. The maximum Gasteiger partial charge on any atom is 0.126 e. The second kappa shape index (κ2) is 6.30. The predicted octanol–water partition coefficient (Wildman–Crippen LogP) is 2.43. The number of piperidine rings is 1.